The maximum Gasteiger partial charge on any atom is 0.247 e. The van der Waals surface area contributed by atoms with E-state index < -0.39 is 22.2 Å². The second-order valence-corrected chi connectivity index (χ2v) is 10.6. The number of nitriles is 1. The topological polar surface area (TPSA) is 111 Å². The number of carbonyl (C=O) groups excluding carboxylic acids is 1. The summed E-state index contributed by atoms with van der Waals surface area (Å²) in [5.41, 5.74) is 1.96. The first-order valence-electron chi connectivity index (χ1n) is 11.3. The second kappa shape index (κ2) is 10.6. The first kappa shape index (κ1) is 25.7. The third kappa shape index (κ3) is 5.25. The van der Waals surface area contributed by atoms with Crippen molar-refractivity contribution in [3.8, 4) is 22.9 Å². The monoisotopic (exact) mass is 485 g/mol. The molecule has 0 unspecified atom stereocenters. The number of ether oxygens (including phenoxy) is 1. The van der Waals surface area contributed by atoms with E-state index in [4.69, 9.17) is 4.74 Å². The minimum Gasteiger partial charge on any atom is -0.487 e. The third-order valence-corrected chi connectivity index (χ3v) is 8.19. The zero-order valence-electron chi connectivity index (χ0n) is 19.9. The van der Waals surface area contributed by atoms with Gasteiger partial charge in [-0.1, -0.05) is 32.0 Å². The Labute approximate surface area is 201 Å². The highest BCUT2D eigenvalue weighted by Gasteiger charge is 2.38. The minimum atomic E-state index is -3.96. The maximum absolute atomic E-state index is 13.6. The zero-order chi connectivity index (χ0) is 25.0. The van der Waals surface area contributed by atoms with Crippen LogP contribution < -0.4 is 4.74 Å². The summed E-state index contributed by atoms with van der Waals surface area (Å²) < 4.78 is 34.8. The van der Waals surface area contributed by atoms with Gasteiger partial charge in [0.1, 0.15) is 16.7 Å². The summed E-state index contributed by atoms with van der Waals surface area (Å²) in [7, 11) is -2.25. The molecule has 0 saturated heterocycles. The fraction of sp³-hybridized carbons (Fsp3) is 0.440. The molecule has 0 fully saturated rings. The second-order valence-electron chi connectivity index (χ2n) is 8.72. The van der Waals surface area contributed by atoms with Crippen LogP contribution in [0.3, 0.4) is 0 Å². The number of hydrogen-bond donors (Lipinski definition) is 1. The molecule has 0 bridgehead atoms. The lowest BCUT2D eigenvalue weighted by atomic mass is 10.0. The van der Waals surface area contributed by atoms with Crippen LogP contribution in [0.4, 0.5) is 0 Å². The Morgan fingerprint density at radius 1 is 1.29 bits per heavy atom. The van der Waals surface area contributed by atoms with Gasteiger partial charge < -0.3 is 14.7 Å². The lowest BCUT2D eigenvalue weighted by Crippen LogP contribution is -2.50. The van der Waals surface area contributed by atoms with Crippen LogP contribution in [0, 0.1) is 17.2 Å². The van der Waals surface area contributed by atoms with E-state index in [2.05, 4.69) is 6.07 Å². The van der Waals surface area contributed by atoms with Crippen LogP contribution in [0.5, 0.6) is 5.75 Å². The molecule has 0 saturated carbocycles. The van der Waals surface area contributed by atoms with Gasteiger partial charge in [0.25, 0.3) is 0 Å². The molecule has 0 radical (unpaired) electrons. The number of rotatable bonds is 6. The molecule has 1 aliphatic heterocycles. The fourth-order valence-corrected chi connectivity index (χ4v) is 5.86. The number of nitrogens with zero attached hydrogens (tertiary/aromatic N) is 3. The molecule has 2 aromatic carbocycles. The number of aliphatic hydroxyl groups excluding tert-OH is 1. The lowest BCUT2D eigenvalue weighted by Gasteiger charge is -2.37. The van der Waals surface area contributed by atoms with Gasteiger partial charge in [-0.05, 0) is 42.3 Å². The first-order valence-corrected chi connectivity index (χ1v) is 12.7. The molecule has 0 aromatic heterocycles. The van der Waals surface area contributed by atoms with Crippen LogP contribution in [0.2, 0.25) is 0 Å². The minimum absolute atomic E-state index is 0.00867. The number of amides is 1. The standard InChI is InChI=1S/C25H31N3O5S/c1-5-25(30)27(4)15-23-17(2)14-28(18(3)16-29)34(31,32)24-10-9-21(12-22(24)33-23)20-8-6-7-19(11-20)13-26/h6-12,17-18,23,29H,5,14-16H2,1-4H3/t17-,18-,23-/m0/s1. The third-order valence-electron chi connectivity index (χ3n) is 6.17. The van der Waals surface area contributed by atoms with Crippen LogP contribution in [-0.2, 0) is 14.8 Å². The largest absolute Gasteiger partial charge is 0.487 e. The molecule has 1 aliphatic rings. The number of sulfonamides is 1. The molecule has 1 heterocycles. The highest BCUT2D eigenvalue weighted by Crippen LogP contribution is 2.36. The Hall–Kier alpha value is -2.93. The highest BCUT2D eigenvalue weighted by molar-refractivity contribution is 7.89. The number of fused-ring (bicyclic) bond motifs is 1. The number of aliphatic hydroxyl groups is 1. The van der Waals surface area contributed by atoms with Gasteiger partial charge in [-0.3, -0.25) is 4.79 Å². The van der Waals surface area contributed by atoms with Gasteiger partial charge in [-0.2, -0.15) is 9.57 Å². The Morgan fingerprint density at radius 2 is 2.00 bits per heavy atom. The molecule has 1 N–H and O–H groups in total. The van der Waals surface area contributed by atoms with E-state index in [1.165, 1.54) is 10.4 Å². The average molecular weight is 486 g/mol. The molecule has 0 spiro atoms. The molecular weight excluding hydrogens is 454 g/mol. The molecule has 3 rings (SSSR count). The quantitative estimate of drug-likeness (QED) is 0.674. The summed E-state index contributed by atoms with van der Waals surface area (Å²) in [5.74, 6) is -0.105. The van der Waals surface area contributed by atoms with Crippen LogP contribution in [-0.4, -0.2) is 67.5 Å². The summed E-state index contributed by atoms with van der Waals surface area (Å²) in [5, 5.41) is 19.0. The van der Waals surface area contributed by atoms with Gasteiger partial charge in [0.2, 0.25) is 15.9 Å². The Balaban J connectivity index is 2.13. The van der Waals surface area contributed by atoms with E-state index in [1.54, 1.807) is 56.1 Å². The van der Waals surface area contributed by atoms with Crippen molar-refractivity contribution in [3.05, 3.63) is 48.0 Å². The summed E-state index contributed by atoms with van der Waals surface area (Å²) in [4.78, 5) is 13.8. The van der Waals surface area contributed by atoms with Gasteiger partial charge in [0.05, 0.1) is 24.8 Å². The van der Waals surface area contributed by atoms with Crippen molar-refractivity contribution >= 4 is 15.9 Å². The van der Waals surface area contributed by atoms with Crippen molar-refractivity contribution in [3.63, 3.8) is 0 Å². The maximum atomic E-state index is 13.6. The molecule has 182 valence electrons. The normalized spacial score (nSPS) is 20.7. The Morgan fingerprint density at radius 3 is 2.65 bits per heavy atom. The molecular formula is C25H31N3O5S. The van der Waals surface area contributed by atoms with Gasteiger partial charge >= 0.3 is 0 Å². The van der Waals surface area contributed by atoms with Crippen molar-refractivity contribution in [1.82, 2.24) is 9.21 Å². The van der Waals surface area contributed by atoms with Crippen molar-refractivity contribution < 1.29 is 23.1 Å². The van der Waals surface area contributed by atoms with Crippen molar-refractivity contribution in [2.24, 2.45) is 5.92 Å². The lowest BCUT2D eigenvalue weighted by molar-refractivity contribution is -0.131. The molecule has 3 atom stereocenters. The van der Waals surface area contributed by atoms with E-state index in [-0.39, 0.29) is 35.6 Å². The number of likely N-dealkylation sites (N-methyl/N-ethyl adjacent to an activating group) is 1. The van der Waals surface area contributed by atoms with Crippen molar-refractivity contribution in [1.29, 1.82) is 5.26 Å². The number of hydrogen-bond acceptors (Lipinski definition) is 6. The highest BCUT2D eigenvalue weighted by atomic mass is 32.2. The van der Waals surface area contributed by atoms with E-state index in [0.29, 0.717) is 24.1 Å². The zero-order valence-corrected chi connectivity index (χ0v) is 20.7. The smallest absolute Gasteiger partial charge is 0.247 e. The SMILES string of the molecule is CCC(=O)N(C)C[C@@H]1Oc2cc(-c3cccc(C#N)c3)ccc2S(=O)(=O)N([C@@H](C)CO)C[C@@H]1C. The predicted molar refractivity (Wildman–Crippen MR) is 129 cm³/mol. The predicted octanol–water partition coefficient (Wildman–Crippen LogP) is 2.86. The molecule has 8 nitrogen and oxygen atoms in total. The molecule has 2 aromatic rings. The molecule has 9 heteroatoms. The van der Waals surface area contributed by atoms with Crippen LogP contribution in [0.1, 0.15) is 32.8 Å². The van der Waals surface area contributed by atoms with Crippen molar-refractivity contribution in [2.45, 2.75) is 44.2 Å². The summed E-state index contributed by atoms with van der Waals surface area (Å²) in [6, 6.07) is 13.4. The number of carbonyl (C=O) groups is 1. The van der Waals surface area contributed by atoms with Crippen LogP contribution in [0.15, 0.2) is 47.4 Å². The first-order chi connectivity index (χ1) is 16.1. The van der Waals surface area contributed by atoms with E-state index in [9.17, 15) is 23.6 Å². The summed E-state index contributed by atoms with van der Waals surface area (Å²) in [6.45, 7) is 5.45. The fourth-order valence-electron chi connectivity index (χ4n) is 4.03. The van der Waals surface area contributed by atoms with E-state index in [0.717, 1.165) is 5.56 Å². The van der Waals surface area contributed by atoms with Crippen molar-refractivity contribution in [2.75, 3.05) is 26.7 Å². The molecule has 1 amide bonds. The Bertz CT molecular complexity index is 1190. The van der Waals surface area contributed by atoms with Crippen LogP contribution in [0.25, 0.3) is 11.1 Å². The van der Waals surface area contributed by atoms with E-state index >= 15 is 0 Å². The summed E-state index contributed by atoms with van der Waals surface area (Å²) >= 11 is 0. The van der Waals surface area contributed by atoms with Gasteiger partial charge in [0, 0.05) is 32.0 Å². The Kier molecular flexibility index (Phi) is 7.97. The molecule has 34 heavy (non-hydrogen) atoms. The van der Waals surface area contributed by atoms with E-state index in [1.807, 2.05) is 13.0 Å². The summed E-state index contributed by atoms with van der Waals surface area (Å²) in [6.07, 6.45) is -0.112. The van der Waals surface area contributed by atoms with Crippen LogP contribution >= 0.6 is 0 Å². The van der Waals surface area contributed by atoms with Gasteiger partial charge in [-0.25, -0.2) is 8.42 Å². The average Bonchev–Trinajstić information content (AvgIpc) is 2.84. The number of benzene rings is 2. The van der Waals surface area contributed by atoms with Gasteiger partial charge in [-0.15, -0.1) is 0 Å². The molecule has 0 aliphatic carbocycles. The van der Waals surface area contributed by atoms with Gasteiger partial charge in [0.15, 0.2) is 0 Å².